The fourth-order valence-corrected chi connectivity index (χ4v) is 3.09. The molecule has 0 bridgehead atoms. The van der Waals surface area contributed by atoms with Gasteiger partial charge < -0.3 is 10.1 Å². The van der Waals surface area contributed by atoms with Gasteiger partial charge in [0.05, 0.1) is 18.9 Å². The zero-order valence-corrected chi connectivity index (χ0v) is 14.9. The lowest BCUT2D eigenvalue weighted by Crippen LogP contribution is -2.43. The van der Waals surface area contributed by atoms with Crippen LogP contribution in [0.5, 0.6) is 0 Å². The van der Waals surface area contributed by atoms with Gasteiger partial charge in [0, 0.05) is 0 Å². The van der Waals surface area contributed by atoms with E-state index in [0.29, 0.717) is 5.92 Å². The average Bonchev–Trinajstić information content (AvgIpc) is 2.34. The molecule has 0 radical (unpaired) electrons. The van der Waals surface area contributed by atoms with Gasteiger partial charge >= 0.3 is 6.09 Å². The number of nitrogens with one attached hydrogen (secondary N) is 1. The highest BCUT2D eigenvalue weighted by Crippen LogP contribution is 2.27. The van der Waals surface area contributed by atoms with E-state index >= 15 is 0 Å². The molecule has 7 heteroatoms. The summed E-state index contributed by atoms with van der Waals surface area (Å²) in [5, 5.41) is 2.74. The Hall–Kier alpha value is -0.820. The molecule has 1 fully saturated rings. The van der Waals surface area contributed by atoms with Gasteiger partial charge in [-0.25, -0.2) is 4.79 Å². The van der Waals surface area contributed by atoms with E-state index in [9.17, 15) is 13.2 Å². The second kappa shape index (κ2) is 8.15. The van der Waals surface area contributed by atoms with Crippen molar-refractivity contribution >= 4 is 16.2 Å². The lowest BCUT2D eigenvalue weighted by Gasteiger charge is -2.28. The van der Waals surface area contributed by atoms with Gasteiger partial charge in [0.1, 0.15) is 5.60 Å². The molecule has 0 aromatic carbocycles. The predicted molar refractivity (Wildman–Crippen MR) is 85.1 cm³/mol. The SMILES string of the molecule is CC(C)(C)OC(=O)NC(COS(C)(=O)=O)CC1CCCCC1. The molecule has 0 aliphatic heterocycles. The summed E-state index contributed by atoms with van der Waals surface area (Å²) in [6.45, 7) is 5.32. The Labute approximate surface area is 134 Å². The molecule has 1 aliphatic rings. The lowest BCUT2D eigenvalue weighted by molar-refractivity contribution is 0.0476. The molecular formula is C15H29NO5S. The van der Waals surface area contributed by atoms with Crippen molar-refractivity contribution in [2.24, 2.45) is 5.92 Å². The third-order valence-electron chi connectivity index (χ3n) is 3.55. The summed E-state index contributed by atoms with van der Waals surface area (Å²) in [6.07, 6.45) is 7.06. The second-order valence-electron chi connectivity index (χ2n) is 7.07. The van der Waals surface area contributed by atoms with E-state index in [1.165, 1.54) is 19.3 Å². The van der Waals surface area contributed by atoms with Crippen LogP contribution >= 0.6 is 0 Å². The summed E-state index contributed by atoms with van der Waals surface area (Å²) in [5.41, 5.74) is -0.586. The van der Waals surface area contributed by atoms with E-state index in [-0.39, 0.29) is 12.6 Å². The van der Waals surface area contributed by atoms with E-state index in [1.54, 1.807) is 20.8 Å². The van der Waals surface area contributed by atoms with Gasteiger partial charge in [-0.05, 0) is 33.1 Å². The summed E-state index contributed by atoms with van der Waals surface area (Å²) in [6, 6.07) is -0.354. The second-order valence-corrected chi connectivity index (χ2v) is 8.72. The molecule has 22 heavy (non-hydrogen) atoms. The highest BCUT2D eigenvalue weighted by Gasteiger charge is 2.24. The Morgan fingerprint density at radius 2 is 1.82 bits per heavy atom. The Kier molecular flexibility index (Phi) is 7.12. The molecule has 0 heterocycles. The van der Waals surface area contributed by atoms with Crippen LogP contribution < -0.4 is 5.32 Å². The van der Waals surface area contributed by atoms with Crippen molar-refractivity contribution in [3.8, 4) is 0 Å². The molecule has 1 unspecified atom stereocenters. The van der Waals surface area contributed by atoms with Crippen LogP contribution in [-0.2, 0) is 19.0 Å². The third kappa shape index (κ3) is 9.25. The number of ether oxygens (including phenoxy) is 1. The van der Waals surface area contributed by atoms with Crippen LogP contribution in [0.3, 0.4) is 0 Å². The quantitative estimate of drug-likeness (QED) is 0.755. The van der Waals surface area contributed by atoms with Crippen molar-refractivity contribution < 1.29 is 22.1 Å². The minimum atomic E-state index is -3.52. The van der Waals surface area contributed by atoms with Crippen LogP contribution in [0.25, 0.3) is 0 Å². The number of alkyl carbamates (subject to hydrolysis) is 1. The summed E-state index contributed by atoms with van der Waals surface area (Å²) in [7, 11) is -3.52. The first-order chi connectivity index (χ1) is 10.1. The van der Waals surface area contributed by atoms with Crippen molar-refractivity contribution in [2.75, 3.05) is 12.9 Å². The average molecular weight is 335 g/mol. The van der Waals surface area contributed by atoms with Crippen molar-refractivity contribution in [3.63, 3.8) is 0 Å². The highest BCUT2D eigenvalue weighted by molar-refractivity contribution is 7.85. The van der Waals surface area contributed by atoms with Crippen LogP contribution in [0.15, 0.2) is 0 Å². The van der Waals surface area contributed by atoms with Gasteiger partial charge in [-0.1, -0.05) is 32.1 Å². The molecule has 1 amide bonds. The molecule has 1 aliphatic carbocycles. The highest BCUT2D eigenvalue weighted by atomic mass is 32.2. The molecule has 0 aromatic rings. The van der Waals surface area contributed by atoms with Crippen molar-refractivity contribution in [3.05, 3.63) is 0 Å². The number of carbonyl (C=O) groups excluding carboxylic acids is 1. The maximum Gasteiger partial charge on any atom is 0.407 e. The zero-order valence-electron chi connectivity index (χ0n) is 14.1. The Morgan fingerprint density at radius 3 is 2.32 bits per heavy atom. The van der Waals surface area contributed by atoms with Gasteiger partial charge in [0.2, 0.25) is 0 Å². The normalized spacial score (nSPS) is 18.7. The van der Waals surface area contributed by atoms with E-state index in [4.69, 9.17) is 8.92 Å². The van der Waals surface area contributed by atoms with Crippen LogP contribution in [0.1, 0.15) is 59.3 Å². The van der Waals surface area contributed by atoms with Gasteiger partial charge in [-0.15, -0.1) is 0 Å². The first-order valence-electron chi connectivity index (χ1n) is 7.89. The van der Waals surface area contributed by atoms with E-state index in [1.807, 2.05) is 0 Å². The number of hydrogen-bond donors (Lipinski definition) is 1. The first kappa shape index (κ1) is 19.2. The summed E-state index contributed by atoms with van der Waals surface area (Å²) >= 11 is 0. The molecule has 130 valence electrons. The maximum atomic E-state index is 11.9. The van der Waals surface area contributed by atoms with Gasteiger partial charge in [-0.3, -0.25) is 4.18 Å². The fraction of sp³-hybridized carbons (Fsp3) is 0.933. The van der Waals surface area contributed by atoms with Crippen LogP contribution in [0.4, 0.5) is 4.79 Å². The Balaban J connectivity index is 2.57. The largest absolute Gasteiger partial charge is 0.444 e. The van der Waals surface area contributed by atoms with E-state index < -0.39 is 21.8 Å². The minimum Gasteiger partial charge on any atom is -0.444 e. The summed E-state index contributed by atoms with van der Waals surface area (Å²) < 4.78 is 32.5. The maximum absolute atomic E-state index is 11.9. The molecule has 1 atom stereocenters. The predicted octanol–water partition coefficient (Wildman–Crippen LogP) is 2.83. The number of carbonyl (C=O) groups is 1. The smallest absolute Gasteiger partial charge is 0.407 e. The van der Waals surface area contributed by atoms with Gasteiger partial charge in [0.15, 0.2) is 0 Å². The number of amides is 1. The molecule has 1 saturated carbocycles. The molecule has 6 nitrogen and oxygen atoms in total. The van der Waals surface area contributed by atoms with E-state index in [0.717, 1.165) is 25.5 Å². The Morgan fingerprint density at radius 1 is 1.23 bits per heavy atom. The zero-order chi connectivity index (χ0) is 16.8. The van der Waals surface area contributed by atoms with Crippen molar-refractivity contribution in [1.29, 1.82) is 0 Å². The van der Waals surface area contributed by atoms with Crippen molar-refractivity contribution in [1.82, 2.24) is 5.32 Å². The molecule has 1 N–H and O–H groups in total. The number of hydrogen-bond acceptors (Lipinski definition) is 5. The van der Waals surface area contributed by atoms with Gasteiger partial charge in [-0.2, -0.15) is 8.42 Å². The fourth-order valence-electron chi connectivity index (χ4n) is 2.67. The summed E-state index contributed by atoms with van der Waals surface area (Å²) in [4.78, 5) is 11.9. The minimum absolute atomic E-state index is 0.0470. The topological polar surface area (TPSA) is 81.7 Å². The van der Waals surface area contributed by atoms with E-state index in [2.05, 4.69) is 5.32 Å². The molecular weight excluding hydrogens is 306 g/mol. The van der Waals surface area contributed by atoms with Crippen LogP contribution in [0, 0.1) is 5.92 Å². The standard InChI is InChI=1S/C15H29NO5S/c1-15(2,3)21-14(17)16-13(11-20-22(4,18)19)10-12-8-6-5-7-9-12/h12-13H,5-11H2,1-4H3,(H,16,17). The lowest BCUT2D eigenvalue weighted by atomic mass is 9.85. The van der Waals surface area contributed by atoms with Crippen LogP contribution in [0.2, 0.25) is 0 Å². The summed E-state index contributed by atoms with van der Waals surface area (Å²) in [5.74, 6) is 0.497. The first-order valence-corrected chi connectivity index (χ1v) is 9.71. The monoisotopic (exact) mass is 335 g/mol. The third-order valence-corrected chi connectivity index (χ3v) is 4.11. The molecule has 1 rings (SSSR count). The number of rotatable bonds is 6. The molecule has 0 aromatic heterocycles. The Bertz CT molecular complexity index is 449. The molecule has 0 saturated heterocycles. The molecule has 0 spiro atoms. The van der Waals surface area contributed by atoms with Crippen LogP contribution in [-0.4, -0.2) is 39.0 Å². The van der Waals surface area contributed by atoms with Crippen molar-refractivity contribution in [2.45, 2.75) is 70.9 Å². The van der Waals surface area contributed by atoms with Gasteiger partial charge in [0.25, 0.3) is 10.1 Å².